The molecular formula is C17H12N2O6S. The molecule has 4 aromatic heterocycles. The van der Waals surface area contributed by atoms with Crippen LogP contribution in [0.5, 0.6) is 0 Å². The van der Waals surface area contributed by atoms with E-state index in [0.717, 1.165) is 4.57 Å². The van der Waals surface area contributed by atoms with Gasteiger partial charge in [-0.15, -0.1) is 11.3 Å². The van der Waals surface area contributed by atoms with Gasteiger partial charge in [-0.2, -0.15) is 0 Å². The van der Waals surface area contributed by atoms with E-state index in [1.165, 1.54) is 36.8 Å². The molecule has 1 N–H and O–H groups in total. The molecule has 0 aliphatic rings. The highest BCUT2D eigenvalue weighted by Crippen LogP contribution is 2.30. The molecule has 0 aliphatic heterocycles. The molecule has 0 atom stereocenters. The van der Waals surface area contributed by atoms with E-state index < -0.39 is 17.2 Å². The molecule has 132 valence electrons. The summed E-state index contributed by atoms with van der Waals surface area (Å²) >= 11 is 1.25. The van der Waals surface area contributed by atoms with Crippen molar-refractivity contribution in [3.63, 3.8) is 0 Å². The van der Waals surface area contributed by atoms with Gasteiger partial charge in [0.25, 0.3) is 5.56 Å². The lowest BCUT2D eigenvalue weighted by Gasteiger charge is -2.03. The van der Waals surface area contributed by atoms with Gasteiger partial charge in [-0.05, 0) is 24.3 Å². The molecule has 8 nitrogen and oxygen atoms in total. The van der Waals surface area contributed by atoms with Crippen molar-refractivity contribution in [2.45, 2.75) is 6.54 Å². The molecule has 0 unspecified atom stereocenters. The summed E-state index contributed by atoms with van der Waals surface area (Å²) in [7, 11) is 1.24. The van der Waals surface area contributed by atoms with Gasteiger partial charge in [0, 0.05) is 10.9 Å². The number of carbonyl (C=O) groups excluding carboxylic acids is 1. The Morgan fingerprint density at radius 3 is 2.88 bits per heavy atom. The maximum Gasteiger partial charge on any atom is 0.373 e. The van der Waals surface area contributed by atoms with Gasteiger partial charge in [0.2, 0.25) is 5.76 Å². The first-order valence-electron chi connectivity index (χ1n) is 7.53. The van der Waals surface area contributed by atoms with Gasteiger partial charge < -0.3 is 13.6 Å². The Hall–Kier alpha value is -3.33. The molecule has 0 radical (unpaired) electrons. The molecule has 26 heavy (non-hydrogen) atoms. The van der Waals surface area contributed by atoms with Crippen LogP contribution in [0.2, 0.25) is 0 Å². The lowest BCUT2D eigenvalue weighted by atomic mass is 10.2. The number of methoxy groups -OCH3 is 1. The molecule has 0 saturated heterocycles. The number of rotatable bonds is 4. The second kappa shape index (κ2) is 6.19. The van der Waals surface area contributed by atoms with Crippen LogP contribution in [0.1, 0.15) is 16.3 Å². The SMILES string of the molecule is COC(=O)c1ccc(Cn2c(=O)[nH]c3scc(-c4ccco4)c3c2=O)o1. The average molecular weight is 372 g/mol. The Morgan fingerprint density at radius 2 is 2.15 bits per heavy atom. The van der Waals surface area contributed by atoms with Crippen LogP contribution in [0.25, 0.3) is 21.5 Å². The van der Waals surface area contributed by atoms with Gasteiger partial charge in [0.1, 0.15) is 16.4 Å². The maximum atomic E-state index is 12.9. The first-order chi connectivity index (χ1) is 12.6. The first-order valence-corrected chi connectivity index (χ1v) is 8.41. The third kappa shape index (κ3) is 2.58. The lowest BCUT2D eigenvalue weighted by molar-refractivity contribution is 0.0563. The molecule has 9 heteroatoms. The van der Waals surface area contributed by atoms with Crippen molar-refractivity contribution in [3.8, 4) is 11.3 Å². The Kier molecular flexibility index (Phi) is 3.85. The largest absolute Gasteiger partial charge is 0.464 e. The van der Waals surface area contributed by atoms with Crippen molar-refractivity contribution < 1.29 is 18.4 Å². The monoisotopic (exact) mass is 372 g/mol. The highest BCUT2D eigenvalue weighted by Gasteiger charge is 2.18. The number of hydrogen-bond acceptors (Lipinski definition) is 7. The van der Waals surface area contributed by atoms with Crippen LogP contribution in [-0.2, 0) is 11.3 Å². The fraction of sp³-hybridized carbons (Fsp3) is 0.118. The summed E-state index contributed by atoms with van der Waals surface area (Å²) in [5.41, 5.74) is -0.418. The summed E-state index contributed by atoms with van der Waals surface area (Å²) < 4.78 is 16.3. The molecule has 0 aromatic carbocycles. The van der Waals surface area contributed by atoms with E-state index in [1.807, 2.05) is 0 Å². The van der Waals surface area contributed by atoms with Gasteiger partial charge in [-0.3, -0.25) is 14.3 Å². The van der Waals surface area contributed by atoms with E-state index in [9.17, 15) is 14.4 Å². The summed E-state index contributed by atoms with van der Waals surface area (Å²) in [6.07, 6.45) is 1.51. The topological polar surface area (TPSA) is 107 Å². The summed E-state index contributed by atoms with van der Waals surface area (Å²) in [6.45, 7) is -0.117. The minimum Gasteiger partial charge on any atom is -0.464 e. The van der Waals surface area contributed by atoms with Crippen molar-refractivity contribution in [1.82, 2.24) is 9.55 Å². The highest BCUT2D eigenvalue weighted by molar-refractivity contribution is 7.17. The lowest BCUT2D eigenvalue weighted by Crippen LogP contribution is -2.35. The molecular weight excluding hydrogens is 360 g/mol. The quantitative estimate of drug-likeness (QED) is 0.551. The molecule has 0 amide bonds. The summed E-state index contributed by atoms with van der Waals surface area (Å²) in [5, 5.41) is 2.12. The highest BCUT2D eigenvalue weighted by atomic mass is 32.1. The van der Waals surface area contributed by atoms with E-state index >= 15 is 0 Å². The number of esters is 1. The number of nitrogens with one attached hydrogen (secondary N) is 1. The van der Waals surface area contributed by atoms with Gasteiger partial charge in [0.15, 0.2) is 0 Å². The summed E-state index contributed by atoms with van der Waals surface area (Å²) in [4.78, 5) is 39.8. The number of nitrogens with zero attached hydrogens (tertiary/aromatic N) is 1. The first kappa shape index (κ1) is 16.2. The van der Waals surface area contributed by atoms with Crippen molar-refractivity contribution in [1.29, 1.82) is 0 Å². The van der Waals surface area contributed by atoms with Crippen LogP contribution in [0.4, 0.5) is 0 Å². The number of aromatic nitrogens is 2. The minimum absolute atomic E-state index is 0.000126. The van der Waals surface area contributed by atoms with Gasteiger partial charge >= 0.3 is 11.7 Å². The third-order valence-electron chi connectivity index (χ3n) is 3.86. The third-order valence-corrected chi connectivity index (χ3v) is 4.76. The van der Waals surface area contributed by atoms with Crippen molar-refractivity contribution in [3.05, 3.63) is 68.3 Å². The van der Waals surface area contributed by atoms with E-state index in [2.05, 4.69) is 9.72 Å². The van der Waals surface area contributed by atoms with Crippen LogP contribution in [-0.4, -0.2) is 22.6 Å². The standard InChI is InChI=1S/C17H12N2O6S/c1-23-16(21)12-5-4-9(25-12)7-19-15(20)13-10(11-3-2-6-24-11)8-26-14(13)18-17(19)22/h2-6,8H,7H2,1H3,(H,18,22). The number of aromatic amines is 1. The molecule has 0 spiro atoms. The Labute approximate surface area is 149 Å². The predicted molar refractivity (Wildman–Crippen MR) is 93.6 cm³/mol. The second-order valence-corrected chi connectivity index (χ2v) is 6.29. The molecule has 0 fully saturated rings. The number of fused-ring (bicyclic) bond motifs is 1. The zero-order chi connectivity index (χ0) is 18.3. The number of furan rings is 2. The number of carbonyl (C=O) groups is 1. The van der Waals surface area contributed by atoms with Crippen LogP contribution in [0.3, 0.4) is 0 Å². The molecule has 0 aliphatic carbocycles. The van der Waals surface area contributed by atoms with E-state index in [-0.39, 0.29) is 18.1 Å². The van der Waals surface area contributed by atoms with Crippen molar-refractivity contribution in [2.75, 3.05) is 7.11 Å². The average Bonchev–Trinajstić information content (AvgIpc) is 3.37. The number of thiophene rings is 1. The zero-order valence-corrected chi connectivity index (χ0v) is 14.3. The normalized spacial score (nSPS) is 11.1. The molecule has 4 rings (SSSR count). The number of hydrogen-bond donors (Lipinski definition) is 1. The fourth-order valence-electron chi connectivity index (χ4n) is 2.64. The molecule has 4 aromatic rings. The summed E-state index contributed by atoms with van der Waals surface area (Å²) in [5.74, 6) is 0.191. The zero-order valence-electron chi connectivity index (χ0n) is 13.5. The smallest absolute Gasteiger partial charge is 0.373 e. The van der Waals surface area contributed by atoms with E-state index in [4.69, 9.17) is 8.83 Å². The number of H-pyrrole nitrogens is 1. The van der Waals surface area contributed by atoms with E-state index in [1.54, 1.807) is 17.5 Å². The predicted octanol–water partition coefficient (Wildman–Crippen LogP) is 2.44. The summed E-state index contributed by atoms with van der Waals surface area (Å²) in [6, 6.07) is 6.41. The van der Waals surface area contributed by atoms with Gasteiger partial charge in [-0.25, -0.2) is 9.59 Å². The maximum absolute atomic E-state index is 12.9. The van der Waals surface area contributed by atoms with Crippen molar-refractivity contribution in [2.24, 2.45) is 0 Å². The van der Waals surface area contributed by atoms with Gasteiger partial charge in [0.05, 0.1) is 25.3 Å². The Morgan fingerprint density at radius 1 is 1.31 bits per heavy atom. The fourth-order valence-corrected chi connectivity index (χ4v) is 3.57. The number of ether oxygens (including phenoxy) is 1. The van der Waals surface area contributed by atoms with Crippen LogP contribution >= 0.6 is 11.3 Å². The Bertz CT molecular complexity index is 1210. The molecule has 0 bridgehead atoms. The van der Waals surface area contributed by atoms with Gasteiger partial charge in [-0.1, -0.05) is 0 Å². The Balaban J connectivity index is 1.81. The van der Waals surface area contributed by atoms with Crippen molar-refractivity contribution >= 4 is 27.5 Å². The van der Waals surface area contributed by atoms with E-state index in [0.29, 0.717) is 21.5 Å². The molecule has 4 heterocycles. The van der Waals surface area contributed by atoms with Crippen LogP contribution in [0.15, 0.2) is 54.3 Å². The molecule has 0 saturated carbocycles. The van der Waals surface area contributed by atoms with Crippen LogP contribution < -0.4 is 11.2 Å². The second-order valence-electron chi connectivity index (χ2n) is 5.41. The minimum atomic E-state index is -0.633. The van der Waals surface area contributed by atoms with Crippen LogP contribution in [0, 0.1) is 0 Å².